The van der Waals surface area contributed by atoms with Crippen molar-refractivity contribution in [2.45, 2.75) is 57.2 Å². The van der Waals surface area contributed by atoms with Gasteiger partial charge in [0, 0.05) is 43.5 Å². The maximum atomic E-state index is 12.6. The molecule has 4 rings (SSSR count). The highest BCUT2D eigenvalue weighted by molar-refractivity contribution is 5.91. The van der Waals surface area contributed by atoms with Crippen molar-refractivity contribution in [2.75, 3.05) is 19.7 Å². The number of hydrogen-bond acceptors (Lipinski definition) is 5. The number of likely N-dealkylation sites (tertiary alicyclic amines) is 1. The predicted octanol–water partition coefficient (Wildman–Crippen LogP) is 1.94. The second-order valence-corrected chi connectivity index (χ2v) is 7.11. The highest BCUT2D eigenvalue weighted by Crippen LogP contribution is 2.51. The molecule has 0 unspecified atom stereocenters. The lowest BCUT2D eigenvalue weighted by Crippen LogP contribution is -2.62. The first-order chi connectivity index (χ1) is 11.1. The number of aliphatic hydroxyl groups excluding tert-OH is 1. The second-order valence-electron chi connectivity index (χ2n) is 7.11. The summed E-state index contributed by atoms with van der Waals surface area (Å²) in [6.07, 6.45) is 4.40. The molecule has 23 heavy (non-hydrogen) atoms. The smallest absolute Gasteiger partial charge is 0.292 e. The highest BCUT2D eigenvalue weighted by Gasteiger charge is 2.56. The van der Waals surface area contributed by atoms with Gasteiger partial charge in [0.25, 0.3) is 5.91 Å². The molecule has 0 bridgehead atoms. The predicted molar refractivity (Wildman–Crippen MR) is 82.1 cm³/mol. The molecule has 3 fully saturated rings. The average Bonchev–Trinajstić information content (AvgIpc) is 3.31. The average molecular weight is 320 g/mol. The molecule has 1 aliphatic heterocycles. The molecule has 1 N–H and O–H groups in total. The van der Waals surface area contributed by atoms with Gasteiger partial charge in [-0.1, -0.05) is 5.16 Å². The van der Waals surface area contributed by atoms with Gasteiger partial charge in [0.2, 0.25) is 5.76 Å². The summed E-state index contributed by atoms with van der Waals surface area (Å²) in [5.74, 6) is 0.751. The van der Waals surface area contributed by atoms with Crippen LogP contribution in [0.4, 0.5) is 0 Å². The Balaban J connectivity index is 1.39. The minimum atomic E-state index is -0.303. The number of carbonyl (C=O) groups is 1. The molecule has 1 aromatic rings. The summed E-state index contributed by atoms with van der Waals surface area (Å²) in [6.45, 7) is 3.93. The van der Waals surface area contributed by atoms with Gasteiger partial charge in [0.1, 0.15) is 0 Å². The fourth-order valence-electron chi connectivity index (χ4n) is 4.06. The third-order valence-electron chi connectivity index (χ3n) is 5.83. The third kappa shape index (κ3) is 2.48. The molecule has 1 amide bonds. The molecule has 2 saturated carbocycles. The lowest BCUT2D eigenvalue weighted by Gasteiger charge is -2.56. The molecule has 2 atom stereocenters. The number of aliphatic hydroxyl groups is 1. The van der Waals surface area contributed by atoms with Crippen LogP contribution in [0.15, 0.2) is 10.6 Å². The lowest BCUT2D eigenvalue weighted by molar-refractivity contribution is -0.207. The van der Waals surface area contributed by atoms with Gasteiger partial charge in [-0.05, 0) is 32.6 Å². The van der Waals surface area contributed by atoms with E-state index in [1.165, 1.54) is 0 Å². The minimum absolute atomic E-state index is 0.0824. The summed E-state index contributed by atoms with van der Waals surface area (Å²) < 4.78 is 11.0. The van der Waals surface area contributed by atoms with Crippen molar-refractivity contribution in [3.63, 3.8) is 0 Å². The molecule has 6 heteroatoms. The number of aromatic nitrogens is 1. The number of piperidine rings is 1. The van der Waals surface area contributed by atoms with E-state index >= 15 is 0 Å². The summed E-state index contributed by atoms with van der Waals surface area (Å²) >= 11 is 0. The Morgan fingerprint density at radius 1 is 1.48 bits per heavy atom. The van der Waals surface area contributed by atoms with Gasteiger partial charge >= 0.3 is 0 Å². The normalized spacial score (nSPS) is 29.6. The molecule has 1 saturated heterocycles. The Hall–Kier alpha value is -1.40. The van der Waals surface area contributed by atoms with Crippen molar-refractivity contribution in [3.8, 4) is 0 Å². The van der Waals surface area contributed by atoms with Gasteiger partial charge in [-0.3, -0.25) is 4.79 Å². The van der Waals surface area contributed by atoms with Crippen LogP contribution in [0.25, 0.3) is 0 Å². The molecule has 0 radical (unpaired) electrons. The molecule has 2 heterocycles. The monoisotopic (exact) mass is 320 g/mol. The second kappa shape index (κ2) is 5.60. The molecule has 2 aliphatic carbocycles. The van der Waals surface area contributed by atoms with Crippen LogP contribution in [0.2, 0.25) is 0 Å². The first-order valence-corrected chi connectivity index (χ1v) is 8.69. The van der Waals surface area contributed by atoms with Crippen LogP contribution in [0, 0.1) is 5.41 Å². The van der Waals surface area contributed by atoms with Crippen LogP contribution < -0.4 is 0 Å². The first-order valence-electron chi connectivity index (χ1n) is 8.69. The van der Waals surface area contributed by atoms with E-state index in [9.17, 15) is 9.90 Å². The van der Waals surface area contributed by atoms with Gasteiger partial charge in [-0.2, -0.15) is 0 Å². The Kier molecular flexibility index (Phi) is 3.69. The van der Waals surface area contributed by atoms with Crippen LogP contribution >= 0.6 is 0 Å². The molecule has 3 aliphatic rings. The van der Waals surface area contributed by atoms with E-state index in [1.54, 1.807) is 6.07 Å². The van der Waals surface area contributed by atoms with E-state index < -0.39 is 0 Å². The van der Waals surface area contributed by atoms with Gasteiger partial charge in [0.15, 0.2) is 0 Å². The Morgan fingerprint density at radius 2 is 2.22 bits per heavy atom. The topological polar surface area (TPSA) is 75.8 Å². The standard InChI is InChI=1S/C17H24N2O4/c1-2-22-15-10-14(20)17(15)5-7-19(8-6-17)16(21)13-9-12(18-23-13)11-3-4-11/h9,11,14-15,20H,2-8,10H2,1H3/t14-,15+/m1/s1. The van der Waals surface area contributed by atoms with Crippen molar-refractivity contribution >= 4 is 5.91 Å². The zero-order valence-corrected chi connectivity index (χ0v) is 13.5. The van der Waals surface area contributed by atoms with Gasteiger partial charge in [-0.15, -0.1) is 0 Å². The largest absolute Gasteiger partial charge is 0.392 e. The van der Waals surface area contributed by atoms with Crippen LogP contribution in [-0.2, 0) is 4.74 Å². The van der Waals surface area contributed by atoms with E-state index in [2.05, 4.69) is 5.16 Å². The number of amides is 1. The Labute approximate surface area is 135 Å². The van der Waals surface area contributed by atoms with E-state index in [1.807, 2.05) is 11.8 Å². The summed E-state index contributed by atoms with van der Waals surface area (Å²) in [5, 5.41) is 14.2. The molecule has 126 valence electrons. The maximum Gasteiger partial charge on any atom is 0.292 e. The van der Waals surface area contributed by atoms with Crippen LogP contribution in [-0.4, -0.2) is 53.0 Å². The fourth-order valence-corrected chi connectivity index (χ4v) is 4.06. The van der Waals surface area contributed by atoms with E-state index in [0.717, 1.165) is 31.4 Å². The van der Waals surface area contributed by atoms with Gasteiger partial charge in [0.05, 0.1) is 17.9 Å². The van der Waals surface area contributed by atoms with Crippen LogP contribution in [0.5, 0.6) is 0 Å². The highest BCUT2D eigenvalue weighted by atomic mass is 16.5. The zero-order chi connectivity index (χ0) is 16.0. The van der Waals surface area contributed by atoms with Crippen molar-refractivity contribution in [2.24, 2.45) is 5.41 Å². The van der Waals surface area contributed by atoms with E-state index in [0.29, 0.717) is 37.8 Å². The van der Waals surface area contributed by atoms with Gasteiger partial charge < -0.3 is 19.3 Å². The Morgan fingerprint density at radius 3 is 2.83 bits per heavy atom. The van der Waals surface area contributed by atoms with Crippen molar-refractivity contribution < 1.29 is 19.2 Å². The zero-order valence-electron chi connectivity index (χ0n) is 13.5. The molecular weight excluding hydrogens is 296 g/mol. The van der Waals surface area contributed by atoms with E-state index in [-0.39, 0.29) is 23.5 Å². The maximum absolute atomic E-state index is 12.6. The molecule has 1 aromatic heterocycles. The number of rotatable bonds is 4. The minimum Gasteiger partial charge on any atom is -0.392 e. The quantitative estimate of drug-likeness (QED) is 0.917. The summed E-state index contributed by atoms with van der Waals surface area (Å²) in [4.78, 5) is 14.4. The molecule has 1 spiro atoms. The lowest BCUT2D eigenvalue weighted by atomic mass is 9.58. The van der Waals surface area contributed by atoms with Crippen LogP contribution in [0.1, 0.15) is 61.2 Å². The molecular formula is C17H24N2O4. The van der Waals surface area contributed by atoms with Crippen molar-refractivity contribution in [1.29, 1.82) is 0 Å². The molecule has 6 nitrogen and oxygen atoms in total. The van der Waals surface area contributed by atoms with Crippen molar-refractivity contribution in [1.82, 2.24) is 10.1 Å². The van der Waals surface area contributed by atoms with Crippen molar-refractivity contribution in [3.05, 3.63) is 17.5 Å². The van der Waals surface area contributed by atoms with Gasteiger partial charge in [-0.25, -0.2) is 0 Å². The summed E-state index contributed by atoms with van der Waals surface area (Å²) in [6, 6.07) is 1.80. The third-order valence-corrected chi connectivity index (χ3v) is 5.83. The van der Waals surface area contributed by atoms with Crippen LogP contribution in [0.3, 0.4) is 0 Å². The summed E-state index contributed by atoms with van der Waals surface area (Å²) in [7, 11) is 0. The Bertz CT molecular complexity index is 585. The SMILES string of the molecule is CCO[C@H]1C[C@@H](O)C12CCN(C(=O)c1cc(C3CC3)no1)CC2. The number of ether oxygens (including phenoxy) is 1. The summed E-state index contributed by atoms with van der Waals surface area (Å²) in [5.41, 5.74) is 0.751. The fraction of sp³-hybridized carbons (Fsp3) is 0.765. The van der Waals surface area contributed by atoms with E-state index in [4.69, 9.17) is 9.26 Å². The first kappa shape index (κ1) is 15.1. The number of carbonyl (C=O) groups excluding carboxylic acids is 1. The number of hydrogen-bond donors (Lipinski definition) is 1. The number of nitrogens with zero attached hydrogens (tertiary/aromatic N) is 2. The molecule has 0 aromatic carbocycles.